The molecule has 0 radical (unpaired) electrons. The van der Waals surface area contributed by atoms with Gasteiger partial charge in [0.2, 0.25) is 17.1 Å². The van der Waals surface area contributed by atoms with Crippen LogP contribution >= 0.6 is 23.3 Å². The minimum atomic E-state index is -1.78. The largest absolute Gasteiger partial charge is 0.478 e. The monoisotopic (exact) mass is 649 g/mol. The normalized spacial score (nSPS) is 18.8. The Balaban J connectivity index is 1.47. The zero-order valence-electron chi connectivity index (χ0n) is 24.8. The van der Waals surface area contributed by atoms with Crippen LogP contribution in [0.15, 0.2) is 41.0 Å². The molecule has 0 saturated carbocycles. The van der Waals surface area contributed by atoms with Crippen molar-refractivity contribution in [3.8, 4) is 0 Å². The number of nitrogens with one attached hydrogen (secondary N) is 2. The number of amides is 2. The van der Waals surface area contributed by atoms with Crippen LogP contribution in [-0.2, 0) is 30.6 Å². The lowest BCUT2D eigenvalue weighted by Crippen LogP contribution is -2.71. The number of thioether (sulfide) groups is 1. The number of carboxylic acids is 2. The predicted octanol–water partition coefficient (Wildman–Crippen LogP) is -0.451. The molecule has 2 aromatic rings. The summed E-state index contributed by atoms with van der Waals surface area (Å²) in [6.45, 7) is 4.46. The van der Waals surface area contributed by atoms with Crippen molar-refractivity contribution < 1.29 is 43.3 Å². The number of anilines is 2. The molecule has 2 aliphatic heterocycles. The number of nitrogens with zero attached hydrogens (tertiary/aromatic N) is 6. The third-order valence-electron chi connectivity index (χ3n) is 6.66. The highest BCUT2D eigenvalue weighted by molar-refractivity contribution is 8.00. The van der Waals surface area contributed by atoms with Crippen molar-refractivity contribution in [2.24, 2.45) is 5.16 Å². The minimum Gasteiger partial charge on any atom is -0.478 e. The van der Waals surface area contributed by atoms with Crippen molar-refractivity contribution in [1.29, 1.82) is 0 Å². The first-order valence-corrected chi connectivity index (χ1v) is 15.2. The van der Waals surface area contributed by atoms with E-state index in [-0.39, 0.29) is 23.2 Å². The average molecular weight is 650 g/mol. The fourth-order valence-electron chi connectivity index (χ4n) is 4.17. The summed E-state index contributed by atoms with van der Waals surface area (Å²) in [4.78, 5) is 60.4. The molecule has 236 valence electrons. The van der Waals surface area contributed by atoms with Gasteiger partial charge in [-0.1, -0.05) is 5.16 Å². The van der Waals surface area contributed by atoms with Gasteiger partial charge in [0.05, 0.1) is 34.2 Å². The number of nitrogen functional groups attached to an aromatic ring is 1. The average Bonchev–Trinajstić information content (AvgIpc) is 3.37. The van der Waals surface area contributed by atoms with Gasteiger partial charge in [-0.2, -0.15) is 9.36 Å². The second kappa shape index (κ2) is 12.7. The molecule has 18 heteroatoms. The molecular weight excluding hydrogens is 614 g/mol. The molecule has 0 aromatic carbocycles. The topological polar surface area (TPSA) is 213 Å². The number of carbonyl (C=O) groups excluding carboxylic acids is 2. The van der Waals surface area contributed by atoms with Crippen molar-refractivity contribution in [3.05, 3.63) is 41.6 Å². The minimum absolute atomic E-state index is 0.0270. The number of aliphatic carboxylic acids is 2. The van der Waals surface area contributed by atoms with Gasteiger partial charge in [0.15, 0.2) is 24.1 Å². The molecule has 2 atom stereocenters. The standard InChI is InChI=1S/C26H33N9O7S2/c1-26(2,24(40)41)42-31-16(19-30-25(27)44-32-19)20(36)29-17-21(37)34-18(23(38)39)14(13-43-22(17)34)12-33-9-6-15(7-10-33)28-8-11-35(3,4)5/h6-7,9-10,17,22H,8,11-13H2,1-5H3,(H4-,27,29,30,32,36,38,39,40,41)/p+2/b31-16-/t17-,22-/m1/s1. The Hall–Kier alpha value is -4.29. The number of hydrogen-bond donors (Lipinski definition) is 5. The summed E-state index contributed by atoms with van der Waals surface area (Å²) in [7, 11) is 6.34. The number of fused-ring (bicyclic) bond motifs is 1. The number of quaternary nitrogens is 1. The highest BCUT2D eigenvalue weighted by Crippen LogP contribution is 2.40. The number of carbonyl (C=O) groups is 4. The number of oxime groups is 1. The summed E-state index contributed by atoms with van der Waals surface area (Å²) in [5, 5.41) is 28.3. The molecule has 16 nitrogen and oxygen atoms in total. The molecule has 4 rings (SSSR count). The smallest absolute Gasteiger partial charge is 0.352 e. The van der Waals surface area contributed by atoms with Gasteiger partial charge < -0.3 is 35.9 Å². The van der Waals surface area contributed by atoms with Crippen LogP contribution in [0, 0.1) is 0 Å². The van der Waals surface area contributed by atoms with Crippen LogP contribution in [0.1, 0.15) is 19.7 Å². The van der Waals surface area contributed by atoms with Crippen LogP contribution in [0.4, 0.5) is 10.8 Å². The van der Waals surface area contributed by atoms with Crippen molar-refractivity contribution in [1.82, 2.24) is 19.6 Å². The Morgan fingerprint density at radius 2 is 1.93 bits per heavy atom. The Labute approximate surface area is 261 Å². The van der Waals surface area contributed by atoms with Crippen molar-refractivity contribution in [3.63, 3.8) is 0 Å². The maximum Gasteiger partial charge on any atom is 0.352 e. The summed E-state index contributed by atoms with van der Waals surface area (Å²) in [5.74, 6) is -4.04. The van der Waals surface area contributed by atoms with E-state index in [1.807, 2.05) is 29.1 Å². The van der Waals surface area contributed by atoms with E-state index in [1.54, 1.807) is 0 Å². The lowest BCUT2D eigenvalue weighted by atomic mass is 10.0. The second-order valence-electron chi connectivity index (χ2n) is 11.6. The summed E-state index contributed by atoms with van der Waals surface area (Å²) >= 11 is 2.09. The first-order chi connectivity index (χ1) is 20.6. The number of hydrogen-bond acceptors (Lipinski definition) is 12. The molecule has 1 saturated heterocycles. The molecule has 0 unspecified atom stereocenters. The van der Waals surface area contributed by atoms with E-state index in [0.29, 0.717) is 11.3 Å². The van der Waals surface area contributed by atoms with Crippen LogP contribution in [0.5, 0.6) is 0 Å². The van der Waals surface area contributed by atoms with E-state index >= 15 is 0 Å². The Morgan fingerprint density at radius 1 is 1.25 bits per heavy atom. The van der Waals surface area contributed by atoms with Crippen molar-refractivity contribution in [2.45, 2.75) is 37.4 Å². The molecule has 0 bridgehead atoms. The number of carboxylic acid groups (broad SMARTS) is 2. The van der Waals surface area contributed by atoms with Gasteiger partial charge >= 0.3 is 11.9 Å². The molecule has 4 heterocycles. The van der Waals surface area contributed by atoms with Crippen LogP contribution in [-0.4, -0.2) is 115 Å². The quantitative estimate of drug-likeness (QED) is 0.0614. The predicted molar refractivity (Wildman–Crippen MR) is 161 cm³/mol. The number of β-lactam (4-membered cyclic amide) rings is 1. The van der Waals surface area contributed by atoms with Crippen LogP contribution < -0.4 is 20.9 Å². The maximum absolute atomic E-state index is 13.2. The molecule has 0 aliphatic carbocycles. The van der Waals surface area contributed by atoms with Gasteiger partial charge in [-0.3, -0.25) is 14.5 Å². The van der Waals surface area contributed by atoms with Gasteiger partial charge in [-0.15, -0.1) is 11.8 Å². The van der Waals surface area contributed by atoms with Crippen LogP contribution in [0.25, 0.3) is 0 Å². The van der Waals surface area contributed by atoms with Gasteiger partial charge in [-0.05, 0) is 13.8 Å². The third-order valence-corrected chi connectivity index (χ3v) is 8.54. The van der Waals surface area contributed by atoms with Gasteiger partial charge in [0.25, 0.3) is 11.8 Å². The van der Waals surface area contributed by atoms with Crippen LogP contribution in [0.2, 0.25) is 0 Å². The molecule has 2 aromatic heterocycles. The summed E-state index contributed by atoms with van der Waals surface area (Å²) in [6, 6.07) is 2.73. The van der Waals surface area contributed by atoms with E-state index in [2.05, 4.69) is 46.3 Å². The summed E-state index contributed by atoms with van der Waals surface area (Å²) in [6.07, 6.45) is 3.68. The first kappa shape index (κ1) is 32.6. The number of rotatable bonds is 13. The number of nitrogens with two attached hydrogens (primary N) is 1. The number of likely N-dealkylation sites (N-methyl/N-ethyl adjacent to an activating group) is 1. The molecule has 44 heavy (non-hydrogen) atoms. The second-order valence-corrected chi connectivity index (χ2v) is 13.5. The summed E-state index contributed by atoms with van der Waals surface area (Å²) in [5.41, 5.74) is 4.72. The van der Waals surface area contributed by atoms with Crippen molar-refractivity contribution in [2.75, 3.05) is 51.0 Å². The number of pyridine rings is 1. The molecular formula is C26H35N9O7S2+2. The highest BCUT2D eigenvalue weighted by atomic mass is 32.2. The van der Waals surface area contributed by atoms with E-state index in [1.165, 1.54) is 25.6 Å². The SMILES string of the molecule is CC(C)(O/N=C(\C(=O)N[C@@H]1C(=O)N2C(C(=O)O)=C(C[n+]3ccc(NCC[N+](C)(C)C)cc3)CS[C@H]12)c1nsc(N)n1)C(=O)O. The van der Waals surface area contributed by atoms with E-state index in [4.69, 9.17) is 10.6 Å². The first-order valence-electron chi connectivity index (χ1n) is 13.4. The van der Waals surface area contributed by atoms with Gasteiger partial charge in [0, 0.05) is 40.7 Å². The lowest BCUT2D eigenvalue weighted by molar-refractivity contribution is -0.868. The zero-order valence-corrected chi connectivity index (χ0v) is 26.4. The lowest BCUT2D eigenvalue weighted by Gasteiger charge is -2.49. The Kier molecular flexibility index (Phi) is 9.45. The molecule has 0 spiro atoms. The van der Waals surface area contributed by atoms with Crippen LogP contribution in [0.3, 0.4) is 0 Å². The van der Waals surface area contributed by atoms with Gasteiger partial charge in [0.1, 0.15) is 17.1 Å². The molecule has 2 aliphatic rings. The fraction of sp³-hybridized carbons (Fsp3) is 0.462. The van der Waals surface area contributed by atoms with Crippen molar-refractivity contribution >= 4 is 63.6 Å². The molecule has 1 fully saturated rings. The third kappa shape index (κ3) is 7.43. The maximum atomic E-state index is 13.2. The van der Waals surface area contributed by atoms with E-state index in [9.17, 15) is 29.4 Å². The fourth-order valence-corrected chi connectivity index (χ4v) is 5.93. The van der Waals surface area contributed by atoms with E-state index < -0.39 is 46.5 Å². The Morgan fingerprint density at radius 3 is 2.50 bits per heavy atom. The van der Waals surface area contributed by atoms with Gasteiger partial charge in [-0.25, -0.2) is 14.2 Å². The Bertz CT molecular complexity index is 1520. The van der Waals surface area contributed by atoms with E-state index in [0.717, 1.165) is 39.7 Å². The highest BCUT2D eigenvalue weighted by Gasteiger charge is 2.55. The number of aromatic nitrogens is 3. The molecule has 6 N–H and O–H groups in total. The zero-order chi connectivity index (χ0) is 32.4. The summed E-state index contributed by atoms with van der Waals surface area (Å²) < 4.78 is 6.61. The molecule has 2 amide bonds.